The molecule has 0 atom stereocenters. The Bertz CT molecular complexity index is 2870. The zero-order valence-corrected chi connectivity index (χ0v) is 28.4. The number of anilines is 3. The molecule has 0 aliphatic rings. The molecule has 52 heavy (non-hydrogen) atoms. The fourth-order valence-electron chi connectivity index (χ4n) is 7.86. The van der Waals surface area contributed by atoms with Crippen molar-refractivity contribution in [1.29, 1.82) is 0 Å². The van der Waals surface area contributed by atoms with Gasteiger partial charge in [-0.15, -0.1) is 0 Å². The van der Waals surface area contributed by atoms with E-state index in [-0.39, 0.29) is 0 Å². The Morgan fingerprint density at radius 2 is 0.808 bits per heavy atom. The normalized spacial score (nSPS) is 11.5. The van der Waals surface area contributed by atoms with Crippen LogP contribution in [0.15, 0.2) is 205 Å². The second-order valence-corrected chi connectivity index (χ2v) is 13.3. The van der Waals surface area contributed by atoms with Gasteiger partial charge in [0, 0.05) is 38.7 Å². The maximum absolute atomic E-state index is 6.43. The molecule has 10 aromatic rings. The molecule has 0 aliphatic heterocycles. The lowest BCUT2D eigenvalue weighted by molar-refractivity contribution is 0.670. The Morgan fingerprint density at radius 1 is 0.308 bits per heavy atom. The Hall–Kier alpha value is -6.90. The third kappa shape index (κ3) is 4.96. The zero-order valence-electron chi connectivity index (χ0n) is 28.4. The molecule has 2 nitrogen and oxygen atoms in total. The molecule has 0 amide bonds. The van der Waals surface area contributed by atoms with Gasteiger partial charge in [-0.25, -0.2) is 0 Å². The van der Waals surface area contributed by atoms with E-state index in [0.717, 1.165) is 50.1 Å². The predicted molar refractivity (Wildman–Crippen MR) is 220 cm³/mol. The van der Waals surface area contributed by atoms with Crippen molar-refractivity contribution in [3.8, 4) is 33.4 Å². The summed E-state index contributed by atoms with van der Waals surface area (Å²) in [7, 11) is 0. The summed E-state index contributed by atoms with van der Waals surface area (Å²) in [6, 6.07) is 71.7. The van der Waals surface area contributed by atoms with Gasteiger partial charge in [-0.2, -0.15) is 0 Å². The zero-order chi connectivity index (χ0) is 34.4. The van der Waals surface area contributed by atoms with Crippen LogP contribution in [0.25, 0.3) is 76.9 Å². The van der Waals surface area contributed by atoms with Crippen molar-refractivity contribution in [2.75, 3.05) is 4.90 Å². The summed E-state index contributed by atoms with van der Waals surface area (Å²) in [5.74, 6) is 0. The monoisotopic (exact) mass is 663 g/mol. The van der Waals surface area contributed by atoms with Crippen molar-refractivity contribution in [1.82, 2.24) is 0 Å². The van der Waals surface area contributed by atoms with Crippen LogP contribution < -0.4 is 4.90 Å². The molecule has 0 aliphatic carbocycles. The molecular weight excluding hydrogens is 631 g/mol. The van der Waals surface area contributed by atoms with Crippen LogP contribution in [0.4, 0.5) is 17.1 Å². The fraction of sp³-hybridized carbons (Fsp3) is 0. The van der Waals surface area contributed by atoms with E-state index in [9.17, 15) is 0 Å². The molecule has 244 valence electrons. The highest BCUT2D eigenvalue weighted by Gasteiger charge is 2.24. The topological polar surface area (TPSA) is 16.4 Å². The van der Waals surface area contributed by atoms with Crippen molar-refractivity contribution in [3.63, 3.8) is 0 Å². The highest BCUT2D eigenvalue weighted by molar-refractivity contribution is 6.22. The molecule has 0 radical (unpaired) electrons. The number of para-hydroxylation sites is 3. The lowest BCUT2D eigenvalue weighted by Gasteiger charge is -2.30. The van der Waals surface area contributed by atoms with Crippen LogP contribution in [0, 0.1) is 0 Å². The summed E-state index contributed by atoms with van der Waals surface area (Å²) in [5, 5.41) is 7.16. The first-order valence-electron chi connectivity index (χ1n) is 17.8. The van der Waals surface area contributed by atoms with Gasteiger partial charge in [-0.3, -0.25) is 0 Å². The third-order valence-electron chi connectivity index (χ3n) is 10.3. The number of rotatable bonds is 6. The number of hydrogen-bond donors (Lipinski definition) is 0. The van der Waals surface area contributed by atoms with Crippen LogP contribution >= 0.6 is 0 Å². The van der Waals surface area contributed by atoms with E-state index in [0.29, 0.717) is 0 Å². The van der Waals surface area contributed by atoms with Crippen molar-refractivity contribution in [3.05, 3.63) is 200 Å². The van der Waals surface area contributed by atoms with Gasteiger partial charge in [0.1, 0.15) is 11.2 Å². The van der Waals surface area contributed by atoms with Gasteiger partial charge >= 0.3 is 0 Å². The number of hydrogen-bond acceptors (Lipinski definition) is 2. The Labute approximate surface area is 302 Å². The van der Waals surface area contributed by atoms with Gasteiger partial charge in [-0.1, -0.05) is 170 Å². The van der Waals surface area contributed by atoms with Crippen LogP contribution in [-0.4, -0.2) is 0 Å². The van der Waals surface area contributed by atoms with Crippen molar-refractivity contribution in [2.45, 2.75) is 0 Å². The first-order chi connectivity index (χ1) is 25.8. The van der Waals surface area contributed by atoms with Crippen molar-refractivity contribution in [2.24, 2.45) is 0 Å². The van der Waals surface area contributed by atoms with Gasteiger partial charge in [0.25, 0.3) is 0 Å². The summed E-state index contributed by atoms with van der Waals surface area (Å²) >= 11 is 0. The highest BCUT2D eigenvalue weighted by atomic mass is 16.3. The lowest BCUT2D eigenvalue weighted by Crippen LogP contribution is -2.12. The second kappa shape index (κ2) is 12.5. The molecular formula is C50H33NO. The number of nitrogens with zero attached hydrogens (tertiary/aromatic N) is 1. The standard InChI is InChI=1S/C50H33NO/c1-3-14-34(15-4-1)35-26-28-37(29-27-35)48-44-21-9-7-18-41(44)42-19-8-10-22-45(42)49(48)51(38-16-5-2-6-17-38)39-32-30-36(31-33-39)40-23-13-24-46-43-20-11-12-25-47(43)52-50(40)46/h1-33H. The van der Waals surface area contributed by atoms with Gasteiger partial charge in [0.15, 0.2) is 0 Å². The van der Waals surface area contributed by atoms with Gasteiger partial charge < -0.3 is 9.32 Å². The van der Waals surface area contributed by atoms with E-state index < -0.39 is 0 Å². The Morgan fingerprint density at radius 3 is 1.54 bits per heavy atom. The predicted octanol–water partition coefficient (Wildman–Crippen LogP) is 14.4. The largest absolute Gasteiger partial charge is 0.455 e. The summed E-state index contributed by atoms with van der Waals surface area (Å²) in [6.07, 6.45) is 0. The summed E-state index contributed by atoms with van der Waals surface area (Å²) < 4.78 is 6.43. The molecule has 0 spiro atoms. The van der Waals surface area contributed by atoms with E-state index in [1.165, 1.54) is 43.8 Å². The minimum atomic E-state index is 0.907. The molecule has 0 bridgehead atoms. The first kappa shape index (κ1) is 30.0. The molecule has 9 aromatic carbocycles. The van der Waals surface area contributed by atoms with Crippen LogP contribution in [-0.2, 0) is 0 Å². The maximum atomic E-state index is 6.43. The van der Waals surface area contributed by atoms with Gasteiger partial charge in [0.2, 0.25) is 0 Å². The van der Waals surface area contributed by atoms with Crippen LogP contribution in [0.2, 0.25) is 0 Å². The molecule has 2 heteroatoms. The van der Waals surface area contributed by atoms with Gasteiger partial charge in [-0.05, 0) is 68.7 Å². The third-order valence-corrected chi connectivity index (χ3v) is 10.3. The number of furan rings is 1. The molecule has 0 saturated heterocycles. The molecule has 0 unspecified atom stereocenters. The van der Waals surface area contributed by atoms with E-state index in [4.69, 9.17) is 4.42 Å². The van der Waals surface area contributed by atoms with E-state index in [2.05, 4.69) is 193 Å². The van der Waals surface area contributed by atoms with E-state index in [1.807, 2.05) is 12.1 Å². The number of fused-ring (bicyclic) bond motifs is 6. The SMILES string of the molecule is c1ccc(-c2ccc(-c3c(N(c4ccccc4)c4ccc(-c5cccc6c5oc5ccccc56)cc4)c4ccccc4c4ccccc34)cc2)cc1. The average molecular weight is 664 g/mol. The molecule has 0 fully saturated rings. The van der Waals surface area contributed by atoms with Crippen LogP contribution in [0.5, 0.6) is 0 Å². The van der Waals surface area contributed by atoms with E-state index >= 15 is 0 Å². The molecule has 0 N–H and O–H groups in total. The summed E-state index contributed by atoms with van der Waals surface area (Å²) in [4.78, 5) is 2.43. The second-order valence-electron chi connectivity index (χ2n) is 13.3. The number of benzene rings is 9. The summed E-state index contributed by atoms with van der Waals surface area (Å²) in [6.45, 7) is 0. The maximum Gasteiger partial charge on any atom is 0.143 e. The Kier molecular flexibility index (Phi) is 7.18. The van der Waals surface area contributed by atoms with Crippen LogP contribution in [0.3, 0.4) is 0 Å². The lowest BCUT2D eigenvalue weighted by atomic mass is 9.89. The van der Waals surface area contributed by atoms with Crippen molar-refractivity contribution >= 4 is 60.5 Å². The molecule has 10 rings (SSSR count). The molecule has 1 aromatic heterocycles. The first-order valence-corrected chi connectivity index (χ1v) is 17.8. The van der Waals surface area contributed by atoms with Crippen molar-refractivity contribution < 1.29 is 4.42 Å². The molecule has 0 saturated carbocycles. The highest BCUT2D eigenvalue weighted by Crippen LogP contribution is 2.49. The summed E-state index contributed by atoms with van der Waals surface area (Å²) in [5.41, 5.74) is 12.1. The quantitative estimate of drug-likeness (QED) is 0.165. The Balaban J connectivity index is 1.20. The fourth-order valence-corrected chi connectivity index (χ4v) is 7.86. The smallest absolute Gasteiger partial charge is 0.143 e. The van der Waals surface area contributed by atoms with Crippen LogP contribution in [0.1, 0.15) is 0 Å². The minimum absolute atomic E-state index is 0.907. The van der Waals surface area contributed by atoms with E-state index in [1.54, 1.807) is 0 Å². The average Bonchev–Trinajstić information content (AvgIpc) is 3.61. The van der Waals surface area contributed by atoms with Gasteiger partial charge in [0.05, 0.1) is 5.69 Å². The minimum Gasteiger partial charge on any atom is -0.455 e. The molecule has 1 heterocycles.